The number of rotatable bonds is 5. The standard InChI is InChI=1S/C26H21NO4S/c1-30-24-13-11-20(17-25(24)31-2)19-10-12-23-21(16-19)14-15-27(23)32(28,29)26-9-5-7-18-6-3-4-8-22(18)26/h3-17H,1-2H3. The van der Waals surface area contributed by atoms with Gasteiger partial charge in [0.05, 0.1) is 24.6 Å². The lowest BCUT2D eigenvalue weighted by atomic mass is 10.0. The summed E-state index contributed by atoms with van der Waals surface area (Å²) >= 11 is 0. The second kappa shape index (κ2) is 7.73. The third-order valence-electron chi connectivity index (χ3n) is 5.66. The molecule has 6 heteroatoms. The molecule has 5 rings (SSSR count). The van der Waals surface area contributed by atoms with E-state index >= 15 is 0 Å². The average Bonchev–Trinajstić information content (AvgIpc) is 3.27. The summed E-state index contributed by atoms with van der Waals surface area (Å²) in [7, 11) is -0.566. The van der Waals surface area contributed by atoms with Crippen molar-refractivity contribution < 1.29 is 17.9 Å². The molecule has 0 N–H and O–H groups in total. The van der Waals surface area contributed by atoms with Crippen molar-refractivity contribution in [3.8, 4) is 22.6 Å². The third-order valence-corrected chi connectivity index (χ3v) is 7.41. The number of ether oxygens (including phenoxy) is 2. The van der Waals surface area contributed by atoms with Gasteiger partial charge in [0.2, 0.25) is 0 Å². The second-order valence-electron chi connectivity index (χ2n) is 7.44. The van der Waals surface area contributed by atoms with Crippen molar-refractivity contribution in [1.82, 2.24) is 3.97 Å². The molecule has 0 amide bonds. The molecule has 0 bridgehead atoms. The Morgan fingerprint density at radius 1 is 0.688 bits per heavy atom. The molecule has 0 aliphatic carbocycles. The van der Waals surface area contributed by atoms with Crippen molar-refractivity contribution in [2.45, 2.75) is 4.90 Å². The zero-order valence-corrected chi connectivity index (χ0v) is 18.5. The van der Waals surface area contributed by atoms with Crippen molar-refractivity contribution >= 4 is 31.7 Å². The van der Waals surface area contributed by atoms with Crippen LogP contribution in [-0.2, 0) is 10.0 Å². The summed E-state index contributed by atoms with van der Waals surface area (Å²) in [5, 5.41) is 2.43. The van der Waals surface area contributed by atoms with Crippen molar-refractivity contribution in [2.75, 3.05) is 14.2 Å². The molecule has 0 saturated heterocycles. The van der Waals surface area contributed by atoms with Crippen molar-refractivity contribution in [2.24, 2.45) is 0 Å². The number of hydrogen-bond donors (Lipinski definition) is 0. The highest BCUT2D eigenvalue weighted by Gasteiger charge is 2.21. The lowest BCUT2D eigenvalue weighted by Crippen LogP contribution is -2.12. The van der Waals surface area contributed by atoms with Crippen LogP contribution in [-0.4, -0.2) is 26.6 Å². The minimum Gasteiger partial charge on any atom is -0.493 e. The van der Waals surface area contributed by atoms with Gasteiger partial charge in [-0.25, -0.2) is 12.4 Å². The Morgan fingerprint density at radius 2 is 1.41 bits per heavy atom. The number of nitrogens with zero attached hydrogens (tertiary/aromatic N) is 1. The normalized spacial score (nSPS) is 11.7. The summed E-state index contributed by atoms with van der Waals surface area (Å²) in [6, 6.07) is 26.1. The van der Waals surface area contributed by atoms with E-state index in [1.807, 2.05) is 72.8 Å². The fourth-order valence-corrected chi connectivity index (χ4v) is 5.62. The predicted molar refractivity (Wildman–Crippen MR) is 127 cm³/mol. The van der Waals surface area contributed by atoms with Crippen molar-refractivity contribution in [3.05, 3.63) is 91.1 Å². The van der Waals surface area contributed by atoms with Crippen LogP contribution < -0.4 is 9.47 Å². The Morgan fingerprint density at radius 3 is 2.22 bits per heavy atom. The maximum Gasteiger partial charge on any atom is 0.268 e. The Labute approximate surface area is 186 Å². The van der Waals surface area contributed by atoms with Crippen LogP contribution in [0.5, 0.6) is 11.5 Å². The topological polar surface area (TPSA) is 57.5 Å². The first-order valence-electron chi connectivity index (χ1n) is 10.1. The van der Waals surface area contributed by atoms with Crippen molar-refractivity contribution in [3.63, 3.8) is 0 Å². The van der Waals surface area contributed by atoms with E-state index in [1.54, 1.807) is 32.5 Å². The number of aromatic nitrogens is 1. The Kier molecular flexibility index (Phi) is 4.87. The molecule has 1 heterocycles. The Bertz CT molecular complexity index is 1560. The highest BCUT2D eigenvalue weighted by molar-refractivity contribution is 7.90. The van der Waals surface area contributed by atoms with Gasteiger partial charge in [0.25, 0.3) is 10.0 Å². The Balaban J connectivity index is 1.62. The highest BCUT2D eigenvalue weighted by Crippen LogP contribution is 2.34. The van der Waals surface area contributed by atoms with Gasteiger partial charge >= 0.3 is 0 Å². The molecule has 0 atom stereocenters. The fraction of sp³-hybridized carbons (Fsp3) is 0.0769. The SMILES string of the molecule is COc1ccc(-c2ccc3c(ccn3S(=O)(=O)c3cccc4ccccc34)c2)cc1OC. The van der Waals surface area contributed by atoms with Crippen molar-refractivity contribution in [1.29, 1.82) is 0 Å². The van der Waals surface area contributed by atoms with E-state index in [1.165, 1.54) is 3.97 Å². The molecular formula is C26H21NO4S. The van der Waals surface area contributed by atoms with E-state index in [0.717, 1.165) is 21.9 Å². The third kappa shape index (κ3) is 3.20. The maximum absolute atomic E-state index is 13.6. The van der Waals surface area contributed by atoms with Crippen LogP contribution in [0.15, 0.2) is 96.0 Å². The molecule has 5 aromatic rings. The second-order valence-corrected chi connectivity index (χ2v) is 9.22. The molecule has 0 spiro atoms. The van der Waals surface area contributed by atoms with Gasteiger partial charge in [0.1, 0.15) is 0 Å². The first kappa shape index (κ1) is 20.2. The largest absolute Gasteiger partial charge is 0.493 e. The highest BCUT2D eigenvalue weighted by atomic mass is 32.2. The van der Waals surface area contributed by atoms with Gasteiger partial charge in [0, 0.05) is 17.0 Å². The van der Waals surface area contributed by atoms with E-state index in [0.29, 0.717) is 22.4 Å². The van der Waals surface area contributed by atoms with Gasteiger partial charge < -0.3 is 9.47 Å². The zero-order valence-electron chi connectivity index (χ0n) is 17.6. The molecule has 0 aliphatic rings. The molecule has 5 nitrogen and oxygen atoms in total. The quantitative estimate of drug-likeness (QED) is 0.349. The summed E-state index contributed by atoms with van der Waals surface area (Å²) in [4.78, 5) is 0.289. The lowest BCUT2D eigenvalue weighted by molar-refractivity contribution is 0.355. The van der Waals surface area contributed by atoms with Crippen LogP contribution in [0.4, 0.5) is 0 Å². The van der Waals surface area contributed by atoms with Crippen LogP contribution in [0.1, 0.15) is 0 Å². The van der Waals surface area contributed by atoms with Gasteiger partial charge in [-0.3, -0.25) is 0 Å². The predicted octanol–water partition coefficient (Wildman–Crippen LogP) is 5.72. The molecule has 160 valence electrons. The summed E-state index contributed by atoms with van der Waals surface area (Å²) < 4.78 is 39.2. The smallest absolute Gasteiger partial charge is 0.268 e. The van der Waals surface area contributed by atoms with Crippen LogP contribution >= 0.6 is 0 Å². The monoisotopic (exact) mass is 443 g/mol. The Hall–Kier alpha value is -3.77. The number of hydrogen-bond acceptors (Lipinski definition) is 4. The van der Waals surface area contributed by atoms with Crippen LogP contribution in [0, 0.1) is 0 Å². The van der Waals surface area contributed by atoms with Crippen LogP contribution in [0.2, 0.25) is 0 Å². The fourth-order valence-electron chi connectivity index (χ4n) is 4.05. The number of benzene rings is 4. The molecule has 4 aromatic carbocycles. The molecule has 0 aliphatic heterocycles. The average molecular weight is 444 g/mol. The molecule has 1 aromatic heterocycles. The van der Waals surface area contributed by atoms with Crippen LogP contribution in [0.25, 0.3) is 32.8 Å². The van der Waals surface area contributed by atoms with Gasteiger partial charge in [-0.2, -0.15) is 0 Å². The van der Waals surface area contributed by atoms with E-state index in [-0.39, 0.29) is 4.90 Å². The molecule has 0 radical (unpaired) electrons. The minimum atomic E-state index is -3.77. The molecule has 0 unspecified atom stereocenters. The number of methoxy groups -OCH3 is 2. The van der Waals surface area contributed by atoms with E-state index < -0.39 is 10.0 Å². The number of fused-ring (bicyclic) bond motifs is 2. The molecule has 32 heavy (non-hydrogen) atoms. The maximum atomic E-state index is 13.6. The lowest BCUT2D eigenvalue weighted by Gasteiger charge is -2.12. The minimum absolute atomic E-state index is 0.289. The van der Waals surface area contributed by atoms with Crippen LogP contribution in [0.3, 0.4) is 0 Å². The van der Waals surface area contributed by atoms with Gasteiger partial charge in [-0.1, -0.05) is 48.5 Å². The van der Waals surface area contributed by atoms with Gasteiger partial charge in [-0.15, -0.1) is 0 Å². The van der Waals surface area contributed by atoms with Gasteiger partial charge in [0.15, 0.2) is 11.5 Å². The summed E-state index contributed by atoms with van der Waals surface area (Å²) in [6.45, 7) is 0. The summed E-state index contributed by atoms with van der Waals surface area (Å²) in [6.07, 6.45) is 1.61. The van der Waals surface area contributed by atoms with Gasteiger partial charge in [-0.05, 0) is 52.9 Å². The zero-order chi connectivity index (χ0) is 22.3. The van der Waals surface area contributed by atoms with E-state index in [4.69, 9.17) is 9.47 Å². The van der Waals surface area contributed by atoms with E-state index in [2.05, 4.69) is 0 Å². The summed E-state index contributed by atoms with van der Waals surface area (Å²) in [5.74, 6) is 1.30. The van der Waals surface area contributed by atoms with E-state index in [9.17, 15) is 8.42 Å². The first-order valence-corrected chi connectivity index (χ1v) is 11.5. The first-order chi connectivity index (χ1) is 15.5. The molecule has 0 saturated carbocycles. The molecule has 0 fully saturated rings. The molecular weight excluding hydrogens is 422 g/mol. The summed E-state index contributed by atoms with van der Waals surface area (Å²) in [5.41, 5.74) is 2.54.